The number of anilines is 2. The molecule has 190 valence electrons. The van der Waals surface area contributed by atoms with Crippen LogP contribution in [0.25, 0.3) is 10.9 Å². The van der Waals surface area contributed by atoms with Gasteiger partial charge in [0.25, 0.3) is 0 Å². The molecule has 2 heterocycles. The summed E-state index contributed by atoms with van der Waals surface area (Å²) in [6, 6.07) is 8.15. The second kappa shape index (κ2) is 10.4. The van der Waals surface area contributed by atoms with E-state index in [0.29, 0.717) is 66.2 Å². The minimum Gasteiger partial charge on any atom is -0.497 e. The standard InChI is InChI=1S/C25H27FN4O5S/c1-4-28-14-17(24(32)33)23(31)16-12-18(26)21(13-20(16)28)29-7-9-30(10-8-29)25(36)27-19-11-15(34-2)5-6-22(19)35-3/h5-6,11-14H,4,7-10H2,1-3H3,(H,27,36)(H,32,33). The lowest BCUT2D eigenvalue weighted by molar-refractivity contribution is 0.0695. The van der Waals surface area contributed by atoms with Crippen molar-refractivity contribution in [3.05, 3.63) is 58.1 Å². The second-order valence-corrected chi connectivity index (χ2v) is 8.64. The summed E-state index contributed by atoms with van der Waals surface area (Å²) in [6.07, 6.45) is 1.31. The maximum absolute atomic E-state index is 15.1. The van der Waals surface area contributed by atoms with Gasteiger partial charge >= 0.3 is 5.97 Å². The molecule has 0 atom stereocenters. The SMILES string of the molecule is CCn1cc(C(=O)O)c(=O)c2cc(F)c(N3CCN(C(=S)Nc4cc(OC)ccc4OC)CC3)cc21. The Morgan fingerprint density at radius 3 is 2.47 bits per heavy atom. The zero-order valence-corrected chi connectivity index (χ0v) is 21.0. The molecule has 0 bridgehead atoms. The van der Waals surface area contributed by atoms with Gasteiger partial charge in [0, 0.05) is 50.4 Å². The lowest BCUT2D eigenvalue weighted by Gasteiger charge is -2.37. The zero-order valence-electron chi connectivity index (χ0n) is 20.2. The molecule has 3 aromatic rings. The van der Waals surface area contributed by atoms with Crippen LogP contribution in [0.5, 0.6) is 11.5 Å². The second-order valence-electron chi connectivity index (χ2n) is 8.25. The third-order valence-electron chi connectivity index (χ3n) is 6.28. The topological polar surface area (TPSA) is 96.3 Å². The molecule has 1 fully saturated rings. The van der Waals surface area contributed by atoms with Crippen LogP contribution < -0.4 is 25.1 Å². The number of pyridine rings is 1. The van der Waals surface area contributed by atoms with Gasteiger partial charge in [0.05, 0.1) is 31.1 Å². The predicted octanol–water partition coefficient (Wildman–Crippen LogP) is 3.39. The molecule has 0 aliphatic carbocycles. The molecule has 11 heteroatoms. The highest BCUT2D eigenvalue weighted by Gasteiger charge is 2.24. The summed E-state index contributed by atoms with van der Waals surface area (Å²) < 4.78 is 27.5. The molecule has 4 rings (SSSR count). The highest BCUT2D eigenvalue weighted by molar-refractivity contribution is 7.80. The Morgan fingerprint density at radius 2 is 1.86 bits per heavy atom. The van der Waals surface area contributed by atoms with Gasteiger partial charge in [-0.05, 0) is 43.4 Å². The van der Waals surface area contributed by atoms with Crippen molar-refractivity contribution in [2.24, 2.45) is 0 Å². The molecule has 0 spiro atoms. The summed E-state index contributed by atoms with van der Waals surface area (Å²) in [5.74, 6) is -0.609. The number of rotatable bonds is 6. The van der Waals surface area contributed by atoms with Gasteiger partial charge in [-0.1, -0.05) is 0 Å². The van der Waals surface area contributed by atoms with Crippen LogP contribution in [0.15, 0.2) is 41.3 Å². The number of aryl methyl sites for hydroxylation is 1. The number of ether oxygens (including phenoxy) is 2. The van der Waals surface area contributed by atoms with E-state index in [1.165, 1.54) is 6.20 Å². The number of nitrogens with zero attached hydrogens (tertiary/aromatic N) is 3. The molecule has 0 saturated carbocycles. The lowest BCUT2D eigenvalue weighted by atomic mass is 10.1. The van der Waals surface area contributed by atoms with Crippen molar-refractivity contribution >= 4 is 45.6 Å². The number of nitrogens with one attached hydrogen (secondary N) is 1. The van der Waals surface area contributed by atoms with E-state index in [2.05, 4.69) is 5.32 Å². The Bertz CT molecular complexity index is 1390. The van der Waals surface area contributed by atoms with Crippen molar-refractivity contribution < 1.29 is 23.8 Å². The van der Waals surface area contributed by atoms with Gasteiger partial charge in [0.2, 0.25) is 5.43 Å². The number of thiocarbonyl (C=S) groups is 1. The van der Waals surface area contributed by atoms with Gasteiger partial charge < -0.3 is 34.3 Å². The fourth-order valence-corrected chi connectivity index (χ4v) is 4.60. The van der Waals surface area contributed by atoms with E-state index in [0.717, 1.165) is 6.07 Å². The van der Waals surface area contributed by atoms with E-state index in [1.54, 1.807) is 43.1 Å². The highest BCUT2D eigenvalue weighted by atomic mass is 32.1. The molecule has 1 aliphatic rings. The van der Waals surface area contributed by atoms with Crippen LogP contribution in [0, 0.1) is 5.82 Å². The minimum absolute atomic E-state index is 0.0502. The molecule has 9 nitrogen and oxygen atoms in total. The molecule has 0 radical (unpaired) electrons. The van der Waals surface area contributed by atoms with Gasteiger partial charge in [-0.15, -0.1) is 0 Å². The molecule has 1 aliphatic heterocycles. The number of benzene rings is 2. The number of carboxylic acid groups (broad SMARTS) is 1. The van der Waals surface area contributed by atoms with Crippen molar-refractivity contribution in [2.75, 3.05) is 50.6 Å². The number of piperazine rings is 1. The predicted molar refractivity (Wildman–Crippen MR) is 140 cm³/mol. The van der Waals surface area contributed by atoms with Crippen molar-refractivity contribution in [1.29, 1.82) is 0 Å². The number of aromatic nitrogens is 1. The first-order valence-corrected chi connectivity index (χ1v) is 11.8. The number of hydrogen-bond acceptors (Lipinski definition) is 6. The fourth-order valence-electron chi connectivity index (χ4n) is 4.31. The van der Waals surface area contributed by atoms with Crippen LogP contribution in [0.4, 0.5) is 15.8 Å². The molecule has 0 unspecified atom stereocenters. The summed E-state index contributed by atoms with van der Waals surface area (Å²) in [5.41, 5.74) is 0.470. The van der Waals surface area contributed by atoms with Crippen molar-refractivity contribution in [3.63, 3.8) is 0 Å². The molecule has 1 saturated heterocycles. The monoisotopic (exact) mass is 514 g/mol. The maximum Gasteiger partial charge on any atom is 0.341 e. The first-order chi connectivity index (χ1) is 17.3. The molecule has 0 amide bonds. The largest absolute Gasteiger partial charge is 0.497 e. The summed E-state index contributed by atoms with van der Waals surface area (Å²) in [4.78, 5) is 28.0. The Balaban J connectivity index is 1.53. The normalized spacial score (nSPS) is 13.6. The molecule has 2 aromatic carbocycles. The fraction of sp³-hybridized carbons (Fsp3) is 0.320. The van der Waals surface area contributed by atoms with E-state index >= 15 is 4.39 Å². The van der Waals surface area contributed by atoms with Crippen molar-refractivity contribution in [1.82, 2.24) is 9.47 Å². The van der Waals surface area contributed by atoms with E-state index in [-0.39, 0.29) is 10.9 Å². The average Bonchev–Trinajstić information content (AvgIpc) is 2.88. The number of halogens is 1. The van der Waals surface area contributed by atoms with E-state index in [4.69, 9.17) is 21.7 Å². The van der Waals surface area contributed by atoms with Crippen LogP contribution >= 0.6 is 12.2 Å². The zero-order chi connectivity index (χ0) is 26.0. The maximum atomic E-state index is 15.1. The number of carbonyl (C=O) groups is 1. The van der Waals surface area contributed by atoms with E-state index in [1.807, 2.05) is 16.7 Å². The number of fused-ring (bicyclic) bond motifs is 1. The van der Waals surface area contributed by atoms with E-state index in [9.17, 15) is 14.7 Å². The molecule has 36 heavy (non-hydrogen) atoms. The number of hydrogen-bond donors (Lipinski definition) is 2. The number of aromatic carboxylic acids is 1. The highest BCUT2D eigenvalue weighted by Crippen LogP contribution is 2.30. The third-order valence-corrected chi connectivity index (χ3v) is 6.64. The summed E-state index contributed by atoms with van der Waals surface area (Å²) in [5, 5.41) is 13.1. The van der Waals surface area contributed by atoms with Gasteiger partial charge in [0.1, 0.15) is 22.9 Å². The first-order valence-electron chi connectivity index (χ1n) is 11.4. The quantitative estimate of drug-likeness (QED) is 0.480. The van der Waals surface area contributed by atoms with Crippen LogP contribution in [0.3, 0.4) is 0 Å². The van der Waals surface area contributed by atoms with Gasteiger partial charge in [-0.3, -0.25) is 4.79 Å². The molecule has 2 N–H and O–H groups in total. The molecular formula is C25H27FN4O5S. The van der Waals surface area contributed by atoms with Crippen molar-refractivity contribution in [2.45, 2.75) is 13.5 Å². The van der Waals surface area contributed by atoms with Gasteiger partial charge in [-0.25, -0.2) is 9.18 Å². The Morgan fingerprint density at radius 1 is 1.14 bits per heavy atom. The summed E-state index contributed by atoms with van der Waals surface area (Å²) in [7, 11) is 3.16. The Kier molecular flexibility index (Phi) is 7.30. The number of carboxylic acids is 1. The third kappa shape index (κ3) is 4.78. The smallest absolute Gasteiger partial charge is 0.341 e. The molecule has 1 aromatic heterocycles. The Hall–Kier alpha value is -3.86. The van der Waals surface area contributed by atoms with Crippen LogP contribution in [-0.4, -0.2) is 66.1 Å². The van der Waals surface area contributed by atoms with Crippen LogP contribution in [0.2, 0.25) is 0 Å². The van der Waals surface area contributed by atoms with Crippen LogP contribution in [-0.2, 0) is 6.54 Å². The summed E-state index contributed by atoms with van der Waals surface area (Å²) in [6.45, 7) is 4.38. The Labute approximate surface area is 212 Å². The number of methoxy groups -OCH3 is 2. The van der Waals surface area contributed by atoms with Crippen LogP contribution in [0.1, 0.15) is 17.3 Å². The first kappa shape index (κ1) is 25.2. The minimum atomic E-state index is -1.33. The summed E-state index contributed by atoms with van der Waals surface area (Å²) >= 11 is 5.61. The lowest BCUT2D eigenvalue weighted by Crippen LogP contribution is -2.50. The molecular weight excluding hydrogens is 487 g/mol. The average molecular weight is 515 g/mol. The van der Waals surface area contributed by atoms with Gasteiger partial charge in [0.15, 0.2) is 5.11 Å². The van der Waals surface area contributed by atoms with Crippen molar-refractivity contribution in [3.8, 4) is 11.5 Å². The van der Waals surface area contributed by atoms with E-state index < -0.39 is 17.2 Å². The van der Waals surface area contributed by atoms with Gasteiger partial charge in [-0.2, -0.15) is 0 Å².